The maximum Gasteiger partial charge on any atom is 0.254 e. The van der Waals surface area contributed by atoms with Crippen LogP contribution < -0.4 is 5.32 Å². The third kappa shape index (κ3) is 3.03. The Kier molecular flexibility index (Phi) is 3.96. The van der Waals surface area contributed by atoms with E-state index >= 15 is 0 Å². The van der Waals surface area contributed by atoms with Gasteiger partial charge in [0.15, 0.2) is 0 Å². The summed E-state index contributed by atoms with van der Waals surface area (Å²) >= 11 is 0. The Balaban J connectivity index is 1.76. The first-order chi connectivity index (χ1) is 10.6. The monoisotopic (exact) mass is 301 g/mol. The van der Waals surface area contributed by atoms with E-state index in [1.165, 1.54) is 23.4 Å². The Morgan fingerprint density at radius 3 is 2.73 bits per heavy atom. The lowest BCUT2D eigenvalue weighted by Gasteiger charge is -2.34. The van der Waals surface area contributed by atoms with Gasteiger partial charge >= 0.3 is 0 Å². The van der Waals surface area contributed by atoms with Gasteiger partial charge in [0, 0.05) is 11.7 Å². The molecule has 0 unspecified atom stereocenters. The van der Waals surface area contributed by atoms with E-state index in [1.807, 2.05) is 0 Å². The van der Waals surface area contributed by atoms with Crippen molar-refractivity contribution in [3.05, 3.63) is 48.0 Å². The molecule has 1 aliphatic rings. The Morgan fingerprint density at radius 2 is 2.00 bits per heavy atom. The van der Waals surface area contributed by atoms with Gasteiger partial charge in [-0.25, -0.2) is 9.07 Å². The second kappa shape index (κ2) is 5.91. The highest BCUT2D eigenvalue weighted by Crippen LogP contribution is 2.27. The molecule has 1 aromatic carbocycles. The van der Waals surface area contributed by atoms with Crippen molar-refractivity contribution in [1.82, 2.24) is 15.1 Å². The average molecular weight is 301 g/mol. The van der Waals surface area contributed by atoms with Crippen LogP contribution in [-0.4, -0.2) is 21.2 Å². The fourth-order valence-electron chi connectivity index (χ4n) is 3.01. The number of para-hydroxylation sites is 1. The third-order valence-corrected chi connectivity index (χ3v) is 4.32. The van der Waals surface area contributed by atoms with Crippen LogP contribution in [0.2, 0.25) is 0 Å². The molecule has 4 nitrogen and oxygen atoms in total. The topological polar surface area (TPSA) is 46.9 Å². The standard InChI is InChI=1S/C17H20FN3O/c1-17(9-5-2-6-10-17)20-16(22)13-11-19-21(12-13)15-8-4-3-7-14(15)18/h3-4,7-8,11-12H,2,5-6,9-10H2,1H3,(H,20,22). The minimum absolute atomic E-state index is 0.143. The summed E-state index contributed by atoms with van der Waals surface area (Å²) in [5.74, 6) is -0.510. The number of hydrogen-bond donors (Lipinski definition) is 1. The van der Waals surface area contributed by atoms with Gasteiger partial charge in [-0.3, -0.25) is 4.79 Å². The molecule has 1 N–H and O–H groups in total. The van der Waals surface area contributed by atoms with Crippen molar-refractivity contribution in [2.75, 3.05) is 0 Å². The first kappa shape index (κ1) is 14.8. The molecular formula is C17H20FN3O. The van der Waals surface area contributed by atoms with Crippen LogP contribution in [-0.2, 0) is 0 Å². The molecule has 1 amide bonds. The highest BCUT2D eigenvalue weighted by Gasteiger charge is 2.29. The van der Waals surface area contributed by atoms with Gasteiger partial charge in [-0.15, -0.1) is 0 Å². The zero-order valence-electron chi connectivity index (χ0n) is 12.7. The molecule has 1 heterocycles. The summed E-state index contributed by atoms with van der Waals surface area (Å²) in [6.07, 6.45) is 8.57. The van der Waals surface area contributed by atoms with Crippen LogP contribution in [0.4, 0.5) is 4.39 Å². The van der Waals surface area contributed by atoms with E-state index in [0.29, 0.717) is 11.3 Å². The van der Waals surface area contributed by atoms with E-state index in [0.717, 1.165) is 25.7 Å². The van der Waals surface area contributed by atoms with E-state index in [2.05, 4.69) is 17.3 Å². The molecule has 0 spiro atoms. The Bertz CT molecular complexity index is 674. The van der Waals surface area contributed by atoms with E-state index < -0.39 is 0 Å². The zero-order valence-corrected chi connectivity index (χ0v) is 12.7. The summed E-state index contributed by atoms with van der Waals surface area (Å²) in [5.41, 5.74) is 0.649. The van der Waals surface area contributed by atoms with Gasteiger partial charge in [0.05, 0.1) is 11.8 Å². The molecule has 0 atom stereocenters. The average Bonchev–Trinajstić information content (AvgIpc) is 2.98. The predicted molar refractivity (Wildman–Crippen MR) is 82.5 cm³/mol. The number of carbonyl (C=O) groups is 1. The molecule has 5 heteroatoms. The van der Waals surface area contributed by atoms with E-state index in [1.54, 1.807) is 24.4 Å². The van der Waals surface area contributed by atoms with Crippen molar-refractivity contribution in [3.8, 4) is 5.69 Å². The Morgan fingerprint density at radius 1 is 1.27 bits per heavy atom. The third-order valence-electron chi connectivity index (χ3n) is 4.32. The molecule has 0 radical (unpaired) electrons. The molecule has 116 valence electrons. The smallest absolute Gasteiger partial charge is 0.254 e. The maximum atomic E-state index is 13.8. The summed E-state index contributed by atoms with van der Waals surface area (Å²) in [7, 11) is 0. The van der Waals surface area contributed by atoms with Gasteiger partial charge in [0.25, 0.3) is 5.91 Å². The lowest BCUT2D eigenvalue weighted by Crippen LogP contribution is -2.47. The quantitative estimate of drug-likeness (QED) is 0.943. The molecule has 1 aliphatic carbocycles. The van der Waals surface area contributed by atoms with E-state index in [9.17, 15) is 9.18 Å². The summed E-state index contributed by atoms with van der Waals surface area (Å²) in [6.45, 7) is 2.09. The number of hydrogen-bond acceptors (Lipinski definition) is 2. The highest BCUT2D eigenvalue weighted by molar-refractivity contribution is 5.94. The second-order valence-electron chi connectivity index (χ2n) is 6.20. The van der Waals surface area contributed by atoms with Gasteiger partial charge in [-0.05, 0) is 31.9 Å². The zero-order chi connectivity index (χ0) is 15.6. The van der Waals surface area contributed by atoms with Crippen LogP contribution in [0.15, 0.2) is 36.7 Å². The highest BCUT2D eigenvalue weighted by atomic mass is 19.1. The van der Waals surface area contributed by atoms with Crippen molar-refractivity contribution in [2.45, 2.75) is 44.6 Å². The SMILES string of the molecule is CC1(NC(=O)c2cnn(-c3ccccc3F)c2)CCCCC1. The van der Waals surface area contributed by atoms with Crippen molar-refractivity contribution in [1.29, 1.82) is 0 Å². The first-order valence-electron chi connectivity index (χ1n) is 7.69. The van der Waals surface area contributed by atoms with Gasteiger partial charge in [0.1, 0.15) is 11.5 Å². The van der Waals surface area contributed by atoms with Crippen molar-refractivity contribution >= 4 is 5.91 Å². The van der Waals surface area contributed by atoms with Crippen LogP contribution >= 0.6 is 0 Å². The Hall–Kier alpha value is -2.17. The number of halogens is 1. The normalized spacial score (nSPS) is 17.2. The number of rotatable bonds is 3. The number of benzene rings is 1. The molecule has 0 aliphatic heterocycles. The summed E-state index contributed by atoms with van der Waals surface area (Å²) < 4.78 is 15.2. The van der Waals surface area contributed by atoms with Gasteiger partial charge in [0.2, 0.25) is 0 Å². The number of aromatic nitrogens is 2. The molecule has 1 fully saturated rings. The Labute approximate surface area is 129 Å². The molecular weight excluding hydrogens is 281 g/mol. The summed E-state index contributed by atoms with van der Waals surface area (Å²) in [4.78, 5) is 12.4. The molecule has 0 saturated heterocycles. The van der Waals surface area contributed by atoms with Crippen LogP contribution in [0, 0.1) is 5.82 Å². The summed E-state index contributed by atoms with van der Waals surface area (Å²) in [6, 6.07) is 6.37. The van der Waals surface area contributed by atoms with Crippen LogP contribution in [0.5, 0.6) is 0 Å². The van der Waals surface area contributed by atoms with Crippen molar-refractivity contribution in [2.24, 2.45) is 0 Å². The lowest BCUT2D eigenvalue weighted by atomic mass is 9.83. The fraction of sp³-hybridized carbons (Fsp3) is 0.412. The number of nitrogens with zero attached hydrogens (tertiary/aromatic N) is 2. The lowest BCUT2D eigenvalue weighted by molar-refractivity contribution is 0.0882. The minimum atomic E-state index is -0.364. The van der Waals surface area contributed by atoms with E-state index in [-0.39, 0.29) is 17.3 Å². The molecule has 1 aromatic heterocycles. The number of nitrogens with one attached hydrogen (secondary N) is 1. The van der Waals surface area contributed by atoms with Crippen LogP contribution in [0.3, 0.4) is 0 Å². The molecule has 2 aromatic rings. The molecule has 22 heavy (non-hydrogen) atoms. The van der Waals surface area contributed by atoms with Crippen LogP contribution in [0.25, 0.3) is 5.69 Å². The molecule has 0 bridgehead atoms. The summed E-state index contributed by atoms with van der Waals surface area (Å²) in [5, 5.41) is 7.20. The van der Waals surface area contributed by atoms with E-state index in [4.69, 9.17) is 0 Å². The van der Waals surface area contributed by atoms with Gasteiger partial charge in [-0.1, -0.05) is 31.4 Å². The predicted octanol–water partition coefficient (Wildman–Crippen LogP) is 3.46. The van der Waals surface area contributed by atoms with Gasteiger partial charge in [-0.2, -0.15) is 5.10 Å². The maximum absolute atomic E-state index is 13.8. The minimum Gasteiger partial charge on any atom is -0.347 e. The van der Waals surface area contributed by atoms with Gasteiger partial charge < -0.3 is 5.32 Å². The van der Waals surface area contributed by atoms with Crippen molar-refractivity contribution in [3.63, 3.8) is 0 Å². The number of amides is 1. The number of carbonyl (C=O) groups excluding carboxylic acids is 1. The molecule has 3 rings (SSSR count). The van der Waals surface area contributed by atoms with Crippen molar-refractivity contribution < 1.29 is 9.18 Å². The first-order valence-corrected chi connectivity index (χ1v) is 7.69. The second-order valence-corrected chi connectivity index (χ2v) is 6.20. The fourth-order valence-corrected chi connectivity index (χ4v) is 3.01. The largest absolute Gasteiger partial charge is 0.347 e. The molecule has 1 saturated carbocycles. The van der Waals surface area contributed by atoms with Crippen LogP contribution in [0.1, 0.15) is 49.4 Å².